The summed E-state index contributed by atoms with van der Waals surface area (Å²) in [7, 11) is 0. The molecule has 0 amide bonds. The number of nitriles is 1. The summed E-state index contributed by atoms with van der Waals surface area (Å²) in [6.07, 6.45) is 0. The number of thioether (sulfide) groups is 2. The largest absolute Gasteiger partial charge is 0.192 e. The van der Waals surface area contributed by atoms with Gasteiger partial charge in [0.25, 0.3) is 0 Å². The van der Waals surface area contributed by atoms with Gasteiger partial charge in [0.15, 0.2) is 0 Å². The van der Waals surface area contributed by atoms with Gasteiger partial charge in [-0.25, -0.2) is 0 Å². The third kappa shape index (κ3) is 1.15. The van der Waals surface area contributed by atoms with Crippen LogP contribution in [0, 0.1) is 11.3 Å². The molecule has 0 N–H and O–H groups in total. The lowest BCUT2D eigenvalue weighted by Gasteiger charge is -1.75. The first kappa shape index (κ1) is 5.07. The van der Waals surface area contributed by atoms with Crippen molar-refractivity contribution >= 4 is 23.5 Å². The maximum absolute atomic E-state index is 8.21. The Kier molecular flexibility index (Phi) is 1.66. The van der Waals surface area contributed by atoms with Crippen molar-refractivity contribution in [1.82, 2.24) is 0 Å². The fraction of sp³-hybridized carbons (Fsp3) is 0.250. The van der Waals surface area contributed by atoms with Crippen LogP contribution in [0.2, 0.25) is 0 Å². The van der Waals surface area contributed by atoms with Crippen LogP contribution in [0.4, 0.5) is 0 Å². The van der Waals surface area contributed by atoms with Crippen LogP contribution < -0.4 is 0 Å². The van der Waals surface area contributed by atoms with Gasteiger partial charge in [-0.1, -0.05) is 0 Å². The Morgan fingerprint density at radius 3 is 3.00 bits per heavy atom. The lowest BCUT2D eigenvalue weighted by Crippen LogP contribution is -1.56. The van der Waals surface area contributed by atoms with Gasteiger partial charge in [-0.05, 0) is 5.41 Å². The topological polar surface area (TPSA) is 23.8 Å². The molecule has 0 bridgehead atoms. The zero-order chi connectivity index (χ0) is 5.11. The average Bonchev–Trinajstić information content (AvgIpc) is 2.14. The SMILES string of the molecule is N#CC1=CSCS1. The Hall–Kier alpha value is -0.0700. The minimum atomic E-state index is 0.852. The van der Waals surface area contributed by atoms with E-state index in [1.165, 1.54) is 0 Å². The highest BCUT2D eigenvalue weighted by Gasteiger charge is 2.01. The van der Waals surface area contributed by atoms with Gasteiger partial charge in [0.1, 0.15) is 6.07 Å². The fourth-order valence-electron chi connectivity index (χ4n) is 0.300. The zero-order valence-corrected chi connectivity index (χ0v) is 5.18. The quantitative estimate of drug-likeness (QED) is 0.498. The van der Waals surface area contributed by atoms with E-state index in [0.29, 0.717) is 0 Å². The van der Waals surface area contributed by atoms with Crippen molar-refractivity contribution in [2.75, 3.05) is 5.08 Å². The zero-order valence-electron chi connectivity index (χ0n) is 3.55. The van der Waals surface area contributed by atoms with E-state index in [0.717, 1.165) is 9.99 Å². The van der Waals surface area contributed by atoms with Gasteiger partial charge in [0.05, 0.1) is 4.91 Å². The van der Waals surface area contributed by atoms with Crippen molar-refractivity contribution in [3.05, 3.63) is 10.3 Å². The van der Waals surface area contributed by atoms with Crippen LogP contribution in [0.3, 0.4) is 0 Å². The molecule has 1 heterocycles. The molecule has 0 saturated carbocycles. The van der Waals surface area contributed by atoms with Gasteiger partial charge >= 0.3 is 0 Å². The molecule has 0 saturated heterocycles. The van der Waals surface area contributed by atoms with Gasteiger partial charge in [-0.15, -0.1) is 23.5 Å². The first-order chi connectivity index (χ1) is 3.43. The van der Waals surface area contributed by atoms with Gasteiger partial charge in [0, 0.05) is 5.08 Å². The van der Waals surface area contributed by atoms with Crippen LogP contribution in [0.25, 0.3) is 0 Å². The van der Waals surface area contributed by atoms with Gasteiger partial charge in [0.2, 0.25) is 0 Å². The molecule has 1 aliphatic rings. The molecular weight excluding hydrogens is 126 g/mol. The lowest BCUT2D eigenvalue weighted by atomic mass is 10.7. The Labute approximate surface area is 50.8 Å². The van der Waals surface area contributed by atoms with E-state index in [1.807, 2.05) is 5.41 Å². The van der Waals surface area contributed by atoms with E-state index < -0.39 is 0 Å². The third-order valence-corrected chi connectivity index (χ3v) is 2.67. The molecule has 0 atom stereocenters. The molecule has 0 unspecified atom stereocenters. The first-order valence-electron chi connectivity index (χ1n) is 1.78. The molecule has 1 aliphatic heterocycles. The van der Waals surface area contributed by atoms with Gasteiger partial charge < -0.3 is 0 Å². The van der Waals surface area contributed by atoms with Crippen molar-refractivity contribution in [2.45, 2.75) is 0 Å². The summed E-state index contributed by atoms with van der Waals surface area (Å²) in [5.41, 5.74) is 0. The molecule has 0 radical (unpaired) electrons. The summed E-state index contributed by atoms with van der Waals surface area (Å²) in [6, 6.07) is 2.07. The summed E-state index contributed by atoms with van der Waals surface area (Å²) in [5.74, 6) is 0. The Morgan fingerprint density at radius 2 is 2.71 bits per heavy atom. The second kappa shape index (κ2) is 2.29. The lowest BCUT2D eigenvalue weighted by molar-refractivity contribution is 1.53. The number of hydrogen-bond donors (Lipinski definition) is 0. The highest BCUT2D eigenvalue weighted by atomic mass is 32.2. The van der Waals surface area contributed by atoms with Crippen molar-refractivity contribution in [2.24, 2.45) is 0 Å². The average molecular weight is 129 g/mol. The Bertz CT molecular complexity index is 133. The second-order valence-corrected chi connectivity index (χ2v) is 3.26. The normalized spacial score (nSPS) is 18.4. The smallest absolute Gasteiger partial charge is 0.107 e. The highest BCUT2D eigenvalue weighted by molar-refractivity contribution is 8.22. The Balaban J connectivity index is 2.57. The van der Waals surface area contributed by atoms with E-state index in [4.69, 9.17) is 5.26 Å². The summed E-state index contributed by atoms with van der Waals surface area (Å²) >= 11 is 3.29. The van der Waals surface area contributed by atoms with E-state index in [9.17, 15) is 0 Å². The van der Waals surface area contributed by atoms with Gasteiger partial charge in [-0.3, -0.25) is 0 Å². The minimum absolute atomic E-state index is 0.852. The molecule has 36 valence electrons. The molecule has 0 aliphatic carbocycles. The van der Waals surface area contributed by atoms with Gasteiger partial charge in [-0.2, -0.15) is 5.26 Å². The predicted molar refractivity (Wildman–Crippen MR) is 33.7 cm³/mol. The van der Waals surface area contributed by atoms with Crippen molar-refractivity contribution in [3.63, 3.8) is 0 Å². The minimum Gasteiger partial charge on any atom is -0.192 e. The molecule has 1 rings (SSSR count). The number of allylic oxidation sites excluding steroid dienone is 1. The third-order valence-electron chi connectivity index (χ3n) is 0.583. The summed E-state index contributed by atoms with van der Waals surface area (Å²) in [4.78, 5) is 0.852. The summed E-state index contributed by atoms with van der Waals surface area (Å²) in [5, 5.41) is 11.1. The number of rotatable bonds is 0. The first-order valence-corrected chi connectivity index (χ1v) is 3.81. The van der Waals surface area contributed by atoms with E-state index in [-0.39, 0.29) is 0 Å². The van der Waals surface area contributed by atoms with E-state index in [2.05, 4.69) is 6.07 Å². The Morgan fingerprint density at radius 1 is 1.86 bits per heavy atom. The highest BCUT2D eigenvalue weighted by Crippen LogP contribution is 2.30. The maximum atomic E-state index is 8.21. The molecule has 7 heavy (non-hydrogen) atoms. The van der Waals surface area contributed by atoms with Crippen LogP contribution in [0.1, 0.15) is 0 Å². The molecule has 3 heteroatoms. The molecule has 0 aromatic carbocycles. The molecule has 1 nitrogen and oxygen atoms in total. The maximum Gasteiger partial charge on any atom is 0.107 e. The number of hydrogen-bond acceptors (Lipinski definition) is 3. The van der Waals surface area contributed by atoms with Crippen LogP contribution >= 0.6 is 23.5 Å². The molecule has 0 aromatic heterocycles. The fourth-order valence-corrected chi connectivity index (χ4v) is 2.10. The second-order valence-electron chi connectivity index (χ2n) is 1.02. The molecule has 0 spiro atoms. The van der Waals surface area contributed by atoms with Crippen LogP contribution in [0.15, 0.2) is 10.3 Å². The monoisotopic (exact) mass is 129 g/mol. The summed E-state index contributed by atoms with van der Waals surface area (Å²) < 4.78 is 0. The molecular formula is C4H3NS2. The van der Waals surface area contributed by atoms with E-state index >= 15 is 0 Å². The number of nitrogens with zero attached hydrogens (tertiary/aromatic N) is 1. The van der Waals surface area contributed by atoms with Crippen LogP contribution in [-0.2, 0) is 0 Å². The predicted octanol–water partition coefficient (Wildman–Crippen LogP) is 1.79. The standard InChI is InChI=1S/C4H3NS2/c5-1-4-2-6-3-7-4/h2H,3H2. The van der Waals surface area contributed by atoms with Crippen molar-refractivity contribution in [1.29, 1.82) is 5.26 Å². The summed E-state index contributed by atoms with van der Waals surface area (Å²) in [6.45, 7) is 0. The van der Waals surface area contributed by atoms with Crippen molar-refractivity contribution < 1.29 is 0 Å². The molecule has 0 fully saturated rings. The van der Waals surface area contributed by atoms with Crippen LogP contribution in [0.5, 0.6) is 0 Å². The van der Waals surface area contributed by atoms with Crippen LogP contribution in [-0.4, -0.2) is 5.08 Å². The molecule has 0 aromatic rings. The van der Waals surface area contributed by atoms with E-state index in [1.54, 1.807) is 23.5 Å². The van der Waals surface area contributed by atoms with Crippen molar-refractivity contribution in [3.8, 4) is 6.07 Å².